The summed E-state index contributed by atoms with van der Waals surface area (Å²) in [4.78, 5) is 14.2. The largest absolute Gasteiger partial charge is 0.393 e. The Bertz CT molecular complexity index is 527. The molecule has 0 fully saturated rings. The topological polar surface area (TPSA) is 67.9 Å². The second-order valence-electron chi connectivity index (χ2n) is 3.62. The first-order valence-electron chi connectivity index (χ1n) is 4.96. The summed E-state index contributed by atoms with van der Waals surface area (Å²) < 4.78 is 0. The summed E-state index contributed by atoms with van der Waals surface area (Å²) in [5.41, 5.74) is 7.21. The number of nitrogens with zero attached hydrogens (tertiary/aromatic N) is 4. The quantitative estimate of drug-likeness (QED) is 0.865. The lowest BCUT2D eigenvalue weighted by Gasteiger charge is -2.18. The molecule has 2 rings (SSSR count). The van der Waals surface area contributed by atoms with Crippen molar-refractivity contribution in [3.63, 3.8) is 0 Å². The van der Waals surface area contributed by atoms with Gasteiger partial charge in [-0.05, 0) is 6.92 Å². The molecule has 2 aromatic heterocycles. The van der Waals surface area contributed by atoms with Crippen molar-refractivity contribution < 1.29 is 0 Å². The molecule has 17 heavy (non-hydrogen) atoms. The number of halogens is 1. The number of hydrogen-bond donors (Lipinski definition) is 1. The zero-order valence-electron chi connectivity index (χ0n) is 9.51. The number of thiazole rings is 1. The summed E-state index contributed by atoms with van der Waals surface area (Å²) in [7, 11) is 1.89. The number of rotatable bonds is 3. The Kier molecular flexibility index (Phi) is 3.44. The van der Waals surface area contributed by atoms with Gasteiger partial charge in [0.05, 0.1) is 17.2 Å². The van der Waals surface area contributed by atoms with Crippen LogP contribution in [0, 0.1) is 6.92 Å². The van der Waals surface area contributed by atoms with Crippen molar-refractivity contribution >= 4 is 34.4 Å². The minimum atomic E-state index is 0.274. The van der Waals surface area contributed by atoms with E-state index in [9.17, 15) is 0 Å². The molecule has 0 saturated carbocycles. The first kappa shape index (κ1) is 12.1. The summed E-state index contributed by atoms with van der Waals surface area (Å²) in [6.07, 6.45) is 1.40. The van der Waals surface area contributed by atoms with E-state index in [0.717, 1.165) is 10.7 Å². The highest BCUT2D eigenvalue weighted by Gasteiger charge is 2.12. The molecule has 0 atom stereocenters. The van der Waals surface area contributed by atoms with Crippen LogP contribution in [-0.4, -0.2) is 22.0 Å². The van der Waals surface area contributed by atoms with Crippen LogP contribution in [0.15, 0.2) is 11.7 Å². The van der Waals surface area contributed by atoms with Gasteiger partial charge in [-0.2, -0.15) is 0 Å². The van der Waals surface area contributed by atoms with Crippen LogP contribution < -0.4 is 10.6 Å². The molecule has 0 aromatic carbocycles. The zero-order chi connectivity index (χ0) is 12.4. The number of anilines is 2. The van der Waals surface area contributed by atoms with E-state index >= 15 is 0 Å². The van der Waals surface area contributed by atoms with Crippen molar-refractivity contribution in [3.05, 3.63) is 27.6 Å². The molecule has 0 unspecified atom stereocenters. The third kappa shape index (κ3) is 2.65. The first-order valence-corrected chi connectivity index (χ1v) is 6.22. The molecule has 2 heterocycles. The van der Waals surface area contributed by atoms with Gasteiger partial charge in [0.2, 0.25) is 0 Å². The Hall–Kier alpha value is -1.40. The lowest BCUT2D eigenvalue weighted by molar-refractivity contribution is 0.867. The fourth-order valence-electron chi connectivity index (χ4n) is 1.47. The molecule has 0 bridgehead atoms. The highest BCUT2D eigenvalue weighted by molar-refractivity contribution is 7.09. The van der Waals surface area contributed by atoms with Crippen molar-refractivity contribution in [3.8, 4) is 0 Å². The Labute approximate surface area is 108 Å². The van der Waals surface area contributed by atoms with Crippen LogP contribution in [0.3, 0.4) is 0 Å². The van der Waals surface area contributed by atoms with Crippen molar-refractivity contribution in [2.45, 2.75) is 13.5 Å². The van der Waals surface area contributed by atoms with E-state index in [1.807, 2.05) is 24.3 Å². The molecule has 2 N–H and O–H groups in total. The van der Waals surface area contributed by atoms with Crippen molar-refractivity contribution in [1.82, 2.24) is 15.0 Å². The van der Waals surface area contributed by atoms with Gasteiger partial charge in [-0.25, -0.2) is 15.0 Å². The molecule has 90 valence electrons. The van der Waals surface area contributed by atoms with Gasteiger partial charge in [-0.3, -0.25) is 0 Å². The number of aryl methyl sites for hydroxylation is 1. The summed E-state index contributed by atoms with van der Waals surface area (Å²) in [6.45, 7) is 2.62. The monoisotopic (exact) mass is 269 g/mol. The highest BCUT2D eigenvalue weighted by atomic mass is 35.5. The molecular formula is C10H12ClN5S. The molecule has 0 saturated heterocycles. The molecule has 0 amide bonds. The molecule has 0 spiro atoms. The van der Waals surface area contributed by atoms with Gasteiger partial charge in [0, 0.05) is 12.4 Å². The smallest absolute Gasteiger partial charge is 0.157 e. The lowest BCUT2D eigenvalue weighted by atomic mass is 10.4. The molecule has 0 radical (unpaired) electrons. The minimum absolute atomic E-state index is 0.274. The molecule has 0 aliphatic carbocycles. The fourth-order valence-corrected chi connectivity index (χ4v) is 2.20. The SMILES string of the molecule is Cc1nc(CN(C)c2ncnc(Cl)c2N)cs1. The third-order valence-electron chi connectivity index (χ3n) is 2.24. The zero-order valence-corrected chi connectivity index (χ0v) is 11.1. The van der Waals surface area contributed by atoms with Crippen LogP contribution in [0.1, 0.15) is 10.7 Å². The minimum Gasteiger partial charge on any atom is -0.393 e. The van der Waals surface area contributed by atoms with Crippen LogP contribution >= 0.6 is 22.9 Å². The van der Waals surface area contributed by atoms with E-state index < -0.39 is 0 Å². The van der Waals surface area contributed by atoms with Crippen molar-refractivity contribution in [2.24, 2.45) is 0 Å². The maximum Gasteiger partial charge on any atom is 0.157 e. The molecular weight excluding hydrogens is 258 g/mol. The van der Waals surface area contributed by atoms with Crippen LogP contribution in [0.4, 0.5) is 11.5 Å². The van der Waals surface area contributed by atoms with E-state index in [4.69, 9.17) is 17.3 Å². The average molecular weight is 270 g/mol. The number of aromatic nitrogens is 3. The molecule has 5 nitrogen and oxygen atoms in total. The van der Waals surface area contributed by atoms with Crippen LogP contribution in [0.25, 0.3) is 0 Å². The maximum absolute atomic E-state index is 5.85. The highest BCUT2D eigenvalue weighted by Crippen LogP contribution is 2.25. The maximum atomic E-state index is 5.85. The van der Waals surface area contributed by atoms with Crippen molar-refractivity contribution in [1.29, 1.82) is 0 Å². The normalized spacial score (nSPS) is 10.5. The number of hydrogen-bond acceptors (Lipinski definition) is 6. The van der Waals surface area contributed by atoms with E-state index in [1.54, 1.807) is 11.3 Å². The third-order valence-corrected chi connectivity index (χ3v) is 3.37. The second kappa shape index (κ2) is 4.85. The van der Waals surface area contributed by atoms with Gasteiger partial charge < -0.3 is 10.6 Å². The number of nitrogens with two attached hydrogens (primary N) is 1. The molecule has 7 heteroatoms. The molecule has 0 aliphatic rings. The Balaban J connectivity index is 2.20. The Morgan fingerprint density at radius 2 is 2.24 bits per heavy atom. The Morgan fingerprint density at radius 1 is 1.47 bits per heavy atom. The Morgan fingerprint density at radius 3 is 2.88 bits per heavy atom. The van der Waals surface area contributed by atoms with E-state index in [0.29, 0.717) is 18.1 Å². The van der Waals surface area contributed by atoms with E-state index in [-0.39, 0.29) is 5.15 Å². The van der Waals surface area contributed by atoms with Gasteiger partial charge in [-0.1, -0.05) is 11.6 Å². The van der Waals surface area contributed by atoms with Gasteiger partial charge >= 0.3 is 0 Å². The van der Waals surface area contributed by atoms with E-state index in [1.165, 1.54) is 6.33 Å². The second-order valence-corrected chi connectivity index (χ2v) is 5.04. The van der Waals surface area contributed by atoms with Gasteiger partial charge in [0.1, 0.15) is 12.0 Å². The first-order chi connectivity index (χ1) is 8.08. The van der Waals surface area contributed by atoms with Crippen molar-refractivity contribution in [2.75, 3.05) is 17.7 Å². The van der Waals surface area contributed by atoms with Gasteiger partial charge in [-0.15, -0.1) is 11.3 Å². The van der Waals surface area contributed by atoms with Crippen LogP contribution in [0.5, 0.6) is 0 Å². The van der Waals surface area contributed by atoms with Gasteiger partial charge in [0.15, 0.2) is 11.0 Å². The molecule has 0 aliphatic heterocycles. The van der Waals surface area contributed by atoms with Crippen LogP contribution in [-0.2, 0) is 6.54 Å². The summed E-state index contributed by atoms with van der Waals surface area (Å²) >= 11 is 7.47. The molecule has 2 aromatic rings. The summed E-state index contributed by atoms with van der Waals surface area (Å²) in [5.74, 6) is 0.621. The van der Waals surface area contributed by atoms with Crippen LogP contribution in [0.2, 0.25) is 5.15 Å². The summed E-state index contributed by atoms with van der Waals surface area (Å²) in [6, 6.07) is 0. The fraction of sp³-hybridized carbons (Fsp3) is 0.300. The number of nitrogen functional groups attached to an aromatic ring is 1. The summed E-state index contributed by atoms with van der Waals surface area (Å²) in [5, 5.41) is 3.34. The lowest BCUT2D eigenvalue weighted by Crippen LogP contribution is -2.19. The van der Waals surface area contributed by atoms with Gasteiger partial charge in [0.25, 0.3) is 0 Å². The predicted octanol–water partition coefficient (Wildman–Crippen LogP) is 2.11. The predicted molar refractivity (Wildman–Crippen MR) is 70.4 cm³/mol. The van der Waals surface area contributed by atoms with E-state index in [2.05, 4.69) is 15.0 Å². The standard InChI is InChI=1S/C10H12ClN5S/c1-6-15-7(4-17-6)3-16(2)10-8(12)9(11)13-5-14-10/h4-5H,3,12H2,1-2H3. The average Bonchev–Trinajstić information content (AvgIpc) is 2.68.